The fourth-order valence-electron chi connectivity index (χ4n) is 3.68. The van der Waals surface area contributed by atoms with Crippen LogP contribution >= 0.6 is 7.92 Å². The van der Waals surface area contributed by atoms with Crippen LogP contribution in [0.25, 0.3) is 0 Å². The van der Waals surface area contributed by atoms with Crippen molar-refractivity contribution in [1.29, 1.82) is 0 Å². The summed E-state index contributed by atoms with van der Waals surface area (Å²) in [6.45, 7) is 6.96. The Kier molecular flexibility index (Phi) is 31.4. The third-order valence-electron chi connectivity index (χ3n) is 5.73. The van der Waals surface area contributed by atoms with Crippen molar-refractivity contribution < 1.29 is 23.1 Å². The normalized spacial score (nSPS) is 11.1. The fourth-order valence-corrected chi connectivity index (χ4v) is 6.37. The van der Waals surface area contributed by atoms with Gasteiger partial charge in [0.25, 0.3) is 0 Å². The minimum Gasteiger partial charge on any atom is -0.475 e. The molecule has 0 aromatic carbocycles. The zero-order valence-corrected chi connectivity index (χ0v) is 22.9. The fraction of sp³-hybridized carbons (Fsp3) is 0.962. The molecule has 4 N–H and O–H groups in total. The SMILES string of the molecule is CCCCCCCCP(CCCCCCCC)CCCCCCCC.N.O=C(O)C(F)(F)F. The molecule has 0 radical (unpaired) electrons. The minimum absolute atomic E-state index is 0. The van der Waals surface area contributed by atoms with E-state index in [9.17, 15) is 13.2 Å². The Hall–Kier alpha value is -0.350. The Morgan fingerprint density at radius 1 is 0.576 bits per heavy atom. The van der Waals surface area contributed by atoms with Crippen molar-refractivity contribution in [3.05, 3.63) is 0 Å². The molecule has 0 aromatic rings. The molecule has 0 saturated carbocycles. The molecule has 0 aliphatic heterocycles. The first-order valence-corrected chi connectivity index (χ1v) is 15.2. The highest BCUT2D eigenvalue weighted by Gasteiger charge is 2.38. The lowest BCUT2D eigenvalue weighted by molar-refractivity contribution is -0.192. The summed E-state index contributed by atoms with van der Waals surface area (Å²) in [7, 11) is 0.366. The molecule has 0 bridgehead atoms. The molecule has 0 amide bonds. The van der Waals surface area contributed by atoms with Crippen molar-refractivity contribution in [3.8, 4) is 0 Å². The molecule has 33 heavy (non-hydrogen) atoms. The van der Waals surface area contributed by atoms with Crippen LogP contribution in [-0.2, 0) is 4.79 Å². The number of unbranched alkanes of at least 4 members (excludes halogenated alkanes) is 15. The van der Waals surface area contributed by atoms with E-state index in [2.05, 4.69) is 20.8 Å². The summed E-state index contributed by atoms with van der Waals surface area (Å²) in [6, 6.07) is 0. The Bertz CT molecular complexity index is 358. The Labute approximate surface area is 204 Å². The minimum atomic E-state index is -5.08. The van der Waals surface area contributed by atoms with Gasteiger partial charge >= 0.3 is 12.1 Å². The number of hydrogen-bond donors (Lipinski definition) is 2. The number of carboxylic acid groups (broad SMARTS) is 1. The van der Waals surface area contributed by atoms with Gasteiger partial charge in [0.15, 0.2) is 0 Å². The van der Waals surface area contributed by atoms with Gasteiger partial charge in [0.2, 0.25) is 0 Å². The smallest absolute Gasteiger partial charge is 0.475 e. The molecule has 7 heteroatoms. The third kappa shape index (κ3) is 31.6. The summed E-state index contributed by atoms with van der Waals surface area (Å²) >= 11 is 0. The second-order valence-corrected chi connectivity index (χ2v) is 11.6. The van der Waals surface area contributed by atoms with Crippen molar-refractivity contribution in [3.63, 3.8) is 0 Å². The van der Waals surface area contributed by atoms with Crippen LogP contribution in [0.15, 0.2) is 0 Å². The predicted octanol–water partition coefficient (Wildman–Crippen LogP) is 10.3. The molecule has 0 fully saturated rings. The monoisotopic (exact) mass is 501 g/mol. The van der Waals surface area contributed by atoms with Crippen LogP contribution in [0.4, 0.5) is 13.2 Å². The van der Waals surface area contributed by atoms with Gasteiger partial charge in [-0.15, -0.1) is 7.92 Å². The maximum atomic E-state index is 10.6. The third-order valence-corrected chi connectivity index (χ3v) is 8.57. The molecule has 0 aliphatic carbocycles. The average Bonchev–Trinajstić information content (AvgIpc) is 2.74. The molecule has 202 valence electrons. The number of carboxylic acids is 1. The first-order valence-electron chi connectivity index (χ1n) is 13.3. The summed E-state index contributed by atoms with van der Waals surface area (Å²) in [6.07, 6.45) is 26.2. The van der Waals surface area contributed by atoms with Gasteiger partial charge in [0.1, 0.15) is 0 Å². The van der Waals surface area contributed by atoms with E-state index in [4.69, 9.17) is 9.90 Å². The topological polar surface area (TPSA) is 72.3 Å². The number of alkyl halides is 3. The van der Waals surface area contributed by atoms with Gasteiger partial charge < -0.3 is 11.3 Å². The van der Waals surface area contributed by atoms with Crippen molar-refractivity contribution >= 4 is 13.9 Å². The van der Waals surface area contributed by atoms with E-state index in [1.54, 1.807) is 18.5 Å². The average molecular weight is 502 g/mol. The lowest BCUT2D eigenvalue weighted by Gasteiger charge is -2.18. The first kappa shape index (κ1) is 37.2. The molecule has 0 rings (SSSR count). The van der Waals surface area contributed by atoms with Crippen LogP contribution < -0.4 is 6.15 Å². The van der Waals surface area contributed by atoms with Crippen LogP contribution in [-0.4, -0.2) is 35.7 Å². The Balaban J connectivity index is -0.000000969. The summed E-state index contributed by atoms with van der Waals surface area (Å²) in [5.74, 6) is -2.76. The van der Waals surface area contributed by atoms with Crippen LogP contribution in [0.2, 0.25) is 0 Å². The zero-order valence-electron chi connectivity index (χ0n) is 22.0. The molecular formula is C26H55F3NO2P. The van der Waals surface area contributed by atoms with Crippen molar-refractivity contribution in [1.82, 2.24) is 6.15 Å². The van der Waals surface area contributed by atoms with Crippen molar-refractivity contribution in [2.24, 2.45) is 0 Å². The van der Waals surface area contributed by atoms with Crippen LogP contribution in [0.5, 0.6) is 0 Å². The van der Waals surface area contributed by atoms with Gasteiger partial charge in [-0.1, -0.05) is 117 Å². The highest BCUT2D eigenvalue weighted by Crippen LogP contribution is 2.39. The van der Waals surface area contributed by atoms with E-state index >= 15 is 0 Å². The number of hydrogen-bond acceptors (Lipinski definition) is 2. The van der Waals surface area contributed by atoms with E-state index in [0.717, 1.165) is 0 Å². The Morgan fingerprint density at radius 2 is 0.788 bits per heavy atom. The number of aliphatic carboxylic acids is 1. The van der Waals surface area contributed by atoms with Gasteiger partial charge in [-0.05, 0) is 37.7 Å². The van der Waals surface area contributed by atoms with Crippen LogP contribution in [0.3, 0.4) is 0 Å². The van der Waals surface area contributed by atoms with Gasteiger partial charge in [-0.2, -0.15) is 13.2 Å². The van der Waals surface area contributed by atoms with Crippen LogP contribution in [0.1, 0.15) is 136 Å². The van der Waals surface area contributed by atoms with E-state index in [1.165, 1.54) is 116 Å². The van der Waals surface area contributed by atoms with Crippen molar-refractivity contribution in [2.75, 3.05) is 18.5 Å². The molecule has 3 nitrogen and oxygen atoms in total. The second-order valence-electron chi connectivity index (χ2n) is 8.95. The molecular weight excluding hydrogens is 446 g/mol. The van der Waals surface area contributed by atoms with Gasteiger partial charge in [0, 0.05) is 0 Å². The quantitative estimate of drug-likeness (QED) is 0.121. The molecule has 0 spiro atoms. The van der Waals surface area contributed by atoms with Crippen LogP contribution in [0, 0.1) is 0 Å². The molecule has 0 atom stereocenters. The van der Waals surface area contributed by atoms with E-state index in [-0.39, 0.29) is 6.15 Å². The summed E-state index contributed by atoms with van der Waals surface area (Å²) in [5.41, 5.74) is 0. The zero-order chi connectivity index (χ0) is 24.5. The second kappa shape index (κ2) is 27.9. The van der Waals surface area contributed by atoms with Gasteiger partial charge in [0.05, 0.1) is 0 Å². The van der Waals surface area contributed by atoms with E-state index < -0.39 is 12.1 Å². The number of rotatable bonds is 21. The molecule has 0 aromatic heterocycles. The summed E-state index contributed by atoms with van der Waals surface area (Å²) in [4.78, 5) is 8.90. The highest BCUT2D eigenvalue weighted by atomic mass is 31.1. The van der Waals surface area contributed by atoms with Gasteiger partial charge in [-0.3, -0.25) is 0 Å². The molecule has 0 saturated heterocycles. The summed E-state index contributed by atoms with van der Waals surface area (Å²) in [5, 5.41) is 7.12. The molecule has 0 aliphatic rings. The lowest BCUT2D eigenvalue weighted by atomic mass is 10.1. The first-order chi connectivity index (χ1) is 15.3. The molecule has 0 heterocycles. The standard InChI is InChI=1S/C24H51P.C2HF3O2.H3N/c1-4-7-10-13-16-19-22-25(23-20-17-14-11-8-5-2)24-21-18-15-12-9-6-3;3-2(4,5)1(6)7;/h4-24H2,1-3H3;(H,6,7);1H3. The lowest BCUT2D eigenvalue weighted by Crippen LogP contribution is -2.21. The number of carbonyl (C=O) groups is 1. The van der Waals surface area contributed by atoms with Gasteiger partial charge in [-0.25, -0.2) is 4.79 Å². The summed E-state index contributed by atoms with van der Waals surface area (Å²) < 4.78 is 31.7. The highest BCUT2D eigenvalue weighted by molar-refractivity contribution is 7.57. The largest absolute Gasteiger partial charge is 0.490 e. The predicted molar refractivity (Wildman–Crippen MR) is 140 cm³/mol. The maximum absolute atomic E-state index is 10.6. The maximum Gasteiger partial charge on any atom is 0.490 e. The van der Waals surface area contributed by atoms with E-state index in [1.807, 2.05) is 0 Å². The van der Waals surface area contributed by atoms with Crippen molar-refractivity contribution in [2.45, 2.75) is 143 Å². The van der Waals surface area contributed by atoms with E-state index in [0.29, 0.717) is 7.92 Å². The molecule has 0 unspecified atom stereocenters. The number of halogens is 3. The Morgan fingerprint density at radius 3 is 1.00 bits per heavy atom.